The predicted molar refractivity (Wildman–Crippen MR) is 81.1 cm³/mol. The lowest BCUT2D eigenvalue weighted by molar-refractivity contribution is 0.208. The molecule has 0 saturated heterocycles. The van der Waals surface area contributed by atoms with Crippen molar-refractivity contribution in [2.24, 2.45) is 0 Å². The molecule has 0 aliphatic heterocycles. The molecular weight excluding hydrogens is 256 g/mol. The molecule has 0 saturated carbocycles. The van der Waals surface area contributed by atoms with E-state index >= 15 is 0 Å². The van der Waals surface area contributed by atoms with Gasteiger partial charge in [-0.2, -0.15) is 0 Å². The summed E-state index contributed by atoms with van der Waals surface area (Å²) >= 11 is 0. The highest BCUT2D eigenvalue weighted by atomic mass is 16.3. The number of aromatic nitrogens is 1. The van der Waals surface area contributed by atoms with Crippen molar-refractivity contribution in [3.8, 4) is 0 Å². The van der Waals surface area contributed by atoms with Crippen LogP contribution in [0.15, 0.2) is 18.3 Å². The number of carbonyl (C=O) groups is 1. The van der Waals surface area contributed by atoms with E-state index in [4.69, 9.17) is 5.11 Å². The van der Waals surface area contributed by atoms with Crippen LogP contribution in [0.4, 0.5) is 16.3 Å². The fraction of sp³-hybridized carbons (Fsp3) is 0.571. The van der Waals surface area contributed by atoms with Crippen LogP contribution >= 0.6 is 0 Å². The smallest absolute Gasteiger partial charge is 0.319 e. The van der Waals surface area contributed by atoms with Gasteiger partial charge >= 0.3 is 6.03 Å². The van der Waals surface area contributed by atoms with E-state index in [9.17, 15) is 4.79 Å². The highest BCUT2D eigenvalue weighted by Crippen LogP contribution is 2.15. The number of aliphatic hydroxyl groups is 1. The second-order valence-corrected chi connectivity index (χ2v) is 5.27. The molecule has 2 amide bonds. The average Bonchev–Trinajstić information content (AvgIpc) is 2.39. The number of amides is 2. The Morgan fingerprint density at radius 2 is 2.15 bits per heavy atom. The van der Waals surface area contributed by atoms with Gasteiger partial charge in [0.15, 0.2) is 0 Å². The molecule has 0 aliphatic carbocycles. The minimum absolute atomic E-state index is 0.0453. The van der Waals surface area contributed by atoms with Gasteiger partial charge in [0.25, 0.3) is 0 Å². The Morgan fingerprint density at radius 1 is 1.45 bits per heavy atom. The molecule has 0 bridgehead atoms. The lowest BCUT2D eigenvalue weighted by Crippen LogP contribution is -2.48. The first-order valence-electron chi connectivity index (χ1n) is 6.73. The number of carbonyl (C=O) groups excluding carboxylic acids is 1. The van der Waals surface area contributed by atoms with Crippen molar-refractivity contribution in [3.63, 3.8) is 0 Å². The van der Waals surface area contributed by atoms with Gasteiger partial charge in [0.2, 0.25) is 0 Å². The highest BCUT2D eigenvalue weighted by Gasteiger charge is 2.23. The fourth-order valence-corrected chi connectivity index (χ4v) is 1.74. The molecule has 112 valence electrons. The Kier molecular flexibility index (Phi) is 5.76. The van der Waals surface area contributed by atoms with Gasteiger partial charge < -0.3 is 20.6 Å². The van der Waals surface area contributed by atoms with Crippen LogP contribution in [-0.2, 0) is 0 Å². The minimum Gasteiger partial charge on any atom is -0.396 e. The van der Waals surface area contributed by atoms with Gasteiger partial charge in [0.05, 0.1) is 11.9 Å². The van der Waals surface area contributed by atoms with Crippen molar-refractivity contribution >= 4 is 17.5 Å². The quantitative estimate of drug-likeness (QED) is 0.743. The van der Waals surface area contributed by atoms with Crippen molar-refractivity contribution in [2.45, 2.75) is 32.2 Å². The van der Waals surface area contributed by atoms with Crippen molar-refractivity contribution in [3.05, 3.63) is 18.3 Å². The molecule has 1 rings (SSSR count). The Morgan fingerprint density at radius 3 is 2.60 bits per heavy atom. The van der Waals surface area contributed by atoms with Crippen LogP contribution in [-0.4, -0.2) is 42.4 Å². The summed E-state index contributed by atoms with van der Waals surface area (Å²) in [5.41, 5.74) is 0.228. The summed E-state index contributed by atoms with van der Waals surface area (Å²) in [4.78, 5) is 18.1. The molecular formula is C14H24N4O2. The largest absolute Gasteiger partial charge is 0.396 e. The zero-order valence-corrected chi connectivity index (χ0v) is 12.6. The molecule has 6 heteroatoms. The zero-order valence-electron chi connectivity index (χ0n) is 12.6. The standard InChI is InChI=1S/C14H24N4O2/c1-5-14(2,8-9-19)17-13(20)16-11-6-7-12(15-10-11)18(3)4/h6-7,10,19H,5,8-9H2,1-4H3,(H2,16,17,20). The Labute approximate surface area is 120 Å². The van der Waals surface area contributed by atoms with Crippen LogP contribution in [0.3, 0.4) is 0 Å². The molecule has 3 N–H and O–H groups in total. The number of rotatable bonds is 6. The molecule has 1 aromatic rings. The molecule has 1 aromatic heterocycles. The number of hydrogen-bond acceptors (Lipinski definition) is 4. The molecule has 0 spiro atoms. The summed E-state index contributed by atoms with van der Waals surface area (Å²) in [5.74, 6) is 0.828. The molecule has 1 unspecified atom stereocenters. The number of anilines is 2. The second kappa shape index (κ2) is 7.09. The highest BCUT2D eigenvalue weighted by molar-refractivity contribution is 5.89. The number of urea groups is 1. The van der Waals surface area contributed by atoms with Gasteiger partial charge in [0, 0.05) is 26.2 Å². The van der Waals surface area contributed by atoms with E-state index in [1.807, 2.05) is 38.9 Å². The molecule has 6 nitrogen and oxygen atoms in total. The van der Waals surface area contributed by atoms with Crippen molar-refractivity contribution in [2.75, 3.05) is 30.9 Å². The van der Waals surface area contributed by atoms with E-state index in [0.717, 1.165) is 12.2 Å². The van der Waals surface area contributed by atoms with E-state index in [1.165, 1.54) is 0 Å². The molecule has 0 radical (unpaired) electrons. The molecule has 1 atom stereocenters. The SMILES string of the molecule is CCC(C)(CCO)NC(=O)Nc1ccc(N(C)C)nc1. The second-order valence-electron chi connectivity index (χ2n) is 5.27. The summed E-state index contributed by atoms with van der Waals surface area (Å²) in [6.45, 7) is 3.93. The number of nitrogens with one attached hydrogen (secondary N) is 2. The number of hydrogen-bond donors (Lipinski definition) is 3. The lowest BCUT2D eigenvalue weighted by Gasteiger charge is -2.29. The number of pyridine rings is 1. The van der Waals surface area contributed by atoms with Gasteiger partial charge in [-0.15, -0.1) is 0 Å². The first-order valence-corrected chi connectivity index (χ1v) is 6.73. The Hall–Kier alpha value is -1.82. The predicted octanol–water partition coefficient (Wildman–Crippen LogP) is 1.82. The van der Waals surface area contributed by atoms with Crippen LogP contribution in [0.5, 0.6) is 0 Å². The van der Waals surface area contributed by atoms with Gasteiger partial charge in [-0.3, -0.25) is 0 Å². The Balaban J connectivity index is 2.61. The molecule has 0 aliphatic rings. The van der Waals surface area contributed by atoms with Crippen molar-refractivity contribution in [1.29, 1.82) is 0 Å². The van der Waals surface area contributed by atoms with E-state index in [-0.39, 0.29) is 12.6 Å². The van der Waals surface area contributed by atoms with Crippen LogP contribution in [0, 0.1) is 0 Å². The van der Waals surface area contributed by atoms with Crippen LogP contribution < -0.4 is 15.5 Å². The lowest BCUT2D eigenvalue weighted by atomic mass is 9.95. The molecule has 0 fully saturated rings. The van der Waals surface area contributed by atoms with E-state index in [2.05, 4.69) is 15.6 Å². The fourth-order valence-electron chi connectivity index (χ4n) is 1.74. The summed E-state index contributed by atoms with van der Waals surface area (Å²) in [6.07, 6.45) is 2.89. The number of aliphatic hydroxyl groups excluding tert-OH is 1. The molecule has 20 heavy (non-hydrogen) atoms. The first-order chi connectivity index (χ1) is 9.40. The van der Waals surface area contributed by atoms with Gasteiger partial charge in [0.1, 0.15) is 5.82 Å². The maximum atomic E-state index is 11.9. The van der Waals surface area contributed by atoms with Crippen LogP contribution in [0.2, 0.25) is 0 Å². The van der Waals surface area contributed by atoms with E-state index in [0.29, 0.717) is 12.1 Å². The summed E-state index contributed by atoms with van der Waals surface area (Å²) in [5, 5.41) is 14.7. The average molecular weight is 280 g/mol. The summed E-state index contributed by atoms with van der Waals surface area (Å²) < 4.78 is 0. The van der Waals surface area contributed by atoms with Gasteiger partial charge in [-0.05, 0) is 31.9 Å². The van der Waals surface area contributed by atoms with Crippen molar-refractivity contribution < 1.29 is 9.90 Å². The minimum atomic E-state index is -0.407. The third-order valence-corrected chi connectivity index (χ3v) is 3.32. The monoisotopic (exact) mass is 280 g/mol. The van der Waals surface area contributed by atoms with Crippen LogP contribution in [0.1, 0.15) is 26.7 Å². The van der Waals surface area contributed by atoms with Gasteiger partial charge in [-0.1, -0.05) is 6.92 Å². The topological polar surface area (TPSA) is 77.5 Å². The first kappa shape index (κ1) is 16.2. The zero-order chi connectivity index (χ0) is 15.2. The third-order valence-electron chi connectivity index (χ3n) is 3.32. The molecule has 1 heterocycles. The maximum absolute atomic E-state index is 11.9. The van der Waals surface area contributed by atoms with Gasteiger partial charge in [-0.25, -0.2) is 9.78 Å². The molecule has 0 aromatic carbocycles. The Bertz CT molecular complexity index is 433. The maximum Gasteiger partial charge on any atom is 0.319 e. The summed E-state index contributed by atoms with van der Waals surface area (Å²) in [6, 6.07) is 3.35. The van der Waals surface area contributed by atoms with E-state index in [1.54, 1.807) is 12.3 Å². The third kappa shape index (κ3) is 4.70. The van der Waals surface area contributed by atoms with Crippen molar-refractivity contribution in [1.82, 2.24) is 10.3 Å². The normalized spacial score (nSPS) is 13.4. The van der Waals surface area contributed by atoms with E-state index < -0.39 is 5.54 Å². The summed E-state index contributed by atoms with van der Waals surface area (Å²) in [7, 11) is 3.81. The van der Waals surface area contributed by atoms with Crippen LogP contribution in [0.25, 0.3) is 0 Å². The number of nitrogens with zero attached hydrogens (tertiary/aromatic N) is 2.